The van der Waals surface area contributed by atoms with E-state index in [-0.39, 0.29) is 5.41 Å². The van der Waals surface area contributed by atoms with Gasteiger partial charge >= 0.3 is 0 Å². The number of thioether (sulfide) groups is 1. The van der Waals surface area contributed by atoms with Gasteiger partial charge < -0.3 is 0 Å². The van der Waals surface area contributed by atoms with Crippen molar-refractivity contribution in [2.45, 2.75) is 56.6 Å². The lowest BCUT2D eigenvalue weighted by Crippen LogP contribution is -2.35. The highest BCUT2D eigenvalue weighted by Crippen LogP contribution is 2.58. The van der Waals surface area contributed by atoms with Crippen molar-refractivity contribution < 1.29 is 0 Å². The number of hydrogen-bond acceptors (Lipinski definition) is 1. The molecule has 0 bridgehead atoms. The van der Waals surface area contributed by atoms with E-state index in [1.165, 1.54) is 16.0 Å². The monoisotopic (exact) mass is 220 g/mol. The van der Waals surface area contributed by atoms with Gasteiger partial charge in [-0.3, -0.25) is 0 Å². The van der Waals surface area contributed by atoms with E-state index in [0.29, 0.717) is 4.75 Å². The van der Waals surface area contributed by atoms with Crippen molar-refractivity contribution in [3.63, 3.8) is 0 Å². The summed E-state index contributed by atoms with van der Waals surface area (Å²) in [4.78, 5) is 1.52. The first kappa shape index (κ1) is 11.1. The van der Waals surface area contributed by atoms with E-state index in [9.17, 15) is 0 Å². The molecular weight excluding hydrogens is 200 g/mol. The fourth-order valence-electron chi connectivity index (χ4n) is 2.38. The molecule has 0 aromatic heterocycles. The van der Waals surface area contributed by atoms with E-state index >= 15 is 0 Å². The molecule has 0 amide bonds. The number of fused-ring (bicyclic) bond motifs is 1. The normalized spacial score (nSPS) is 21.5. The van der Waals surface area contributed by atoms with Crippen molar-refractivity contribution in [3.05, 3.63) is 28.8 Å². The van der Waals surface area contributed by atoms with Crippen LogP contribution in [0.3, 0.4) is 0 Å². The standard InChI is InChI=1S/C14H20S/c1-9-7-8-10(2)12-11(9)13(3,4)14(5,6)15-12/h7-8H,1-6H3. The molecule has 0 spiro atoms. The number of rotatable bonds is 0. The van der Waals surface area contributed by atoms with Crippen LogP contribution in [0.15, 0.2) is 17.0 Å². The van der Waals surface area contributed by atoms with Gasteiger partial charge in [-0.15, -0.1) is 11.8 Å². The summed E-state index contributed by atoms with van der Waals surface area (Å²) >= 11 is 2.04. The summed E-state index contributed by atoms with van der Waals surface area (Å²) in [6.45, 7) is 13.9. The molecule has 0 fully saturated rings. The zero-order valence-corrected chi connectivity index (χ0v) is 11.4. The molecule has 0 radical (unpaired) electrons. The molecule has 82 valence electrons. The lowest BCUT2D eigenvalue weighted by atomic mass is 9.73. The third-order valence-corrected chi connectivity index (χ3v) is 5.80. The zero-order chi connectivity index (χ0) is 11.4. The molecule has 1 aromatic carbocycles. The SMILES string of the molecule is Cc1ccc(C)c2c1SC(C)(C)C2(C)C. The Balaban J connectivity index is 2.74. The van der Waals surface area contributed by atoms with Crippen molar-refractivity contribution in [1.82, 2.24) is 0 Å². The molecule has 0 atom stereocenters. The van der Waals surface area contributed by atoms with Gasteiger partial charge in [0.25, 0.3) is 0 Å². The van der Waals surface area contributed by atoms with E-state index in [2.05, 4.69) is 53.7 Å². The Labute approximate surface area is 97.5 Å². The third kappa shape index (κ3) is 1.36. The van der Waals surface area contributed by atoms with E-state index in [4.69, 9.17) is 0 Å². The summed E-state index contributed by atoms with van der Waals surface area (Å²) in [6.07, 6.45) is 0. The highest BCUT2D eigenvalue weighted by molar-refractivity contribution is 8.01. The van der Waals surface area contributed by atoms with Crippen LogP contribution in [0.5, 0.6) is 0 Å². The van der Waals surface area contributed by atoms with Gasteiger partial charge in [-0.2, -0.15) is 0 Å². The summed E-state index contributed by atoms with van der Waals surface area (Å²) in [5.41, 5.74) is 4.71. The van der Waals surface area contributed by atoms with Crippen LogP contribution in [0, 0.1) is 13.8 Å². The molecule has 0 nitrogen and oxygen atoms in total. The maximum atomic E-state index is 2.37. The second-order valence-corrected chi connectivity index (χ2v) is 7.27. The Morgan fingerprint density at radius 3 is 2.00 bits per heavy atom. The van der Waals surface area contributed by atoms with Gasteiger partial charge in [-0.25, -0.2) is 0 Å². The average molecular weight is 220 g/mol. The predicted octanol–water partition coefficient (Wildman–Crippen LogP) is 4.47. The first-order chi connectivity index (χ1) is 6.77. The number of aryl methyl sites for hydroxylation is 2. The van der Waals surface area contributed by atoms with E-state index < -0.39 is 0 Å². The van der Waals surface area contributed by atoms with E-state index in [0.717, 1.165) is 0 Å². The third-order valence-electron chi connectivity index (χ3n) is 4.05. The van der Waals surface area contributed by atoms with Crippen LogP contribution in [-0.2, 0) is 5.41 Å². The highest BCUT2D eigenvalue weighted by atomic mass is 32.2. The van der Waals surface area contributed by atoms with Crippen LogP contribution >= 0.6 is 11.8 Å². The van der Waals surface area contributed by atoms with Crippen LogP contribution in [0.25, 0.3) is 0 Å². The average Bonchev–Trinajstić information content (AvgIpc) is 2.28. The molecule has 0 unspecified atom stereocenters. The molecule has 1 heteroatoms. The van der Waals surface area contributed by atoms with Gasteiger partial charge in [-0.1, -0.05) is 26.0 Å². The van der Waals surface area contributed by atoms with Gasteiger partial charge in [0.15, 0.2) is 0 Å². The molecule has 2 rings (SSSR count). The summed E-state index contributed by atoms with van der Waals surface area (Å²) in [7, 11) is 0. The molecular formula is C14H20S. The van der Waals surface area contributed by atoms with Crippen molar-refractivity contribution in [3.8, 4) is 0 Å². The topological polar surface area (TPSA) is 0 Å². The molecule has 0 N–H and O–H groups in total. The molecule has 0 aliphatic carbocycles. The molecule has 1 aliphatic rings. The second-order valence-electron chi connectivity index (χ2n) is 5.64. The van der Waals surface area contributed by atoms with Crippen molar-refractivity contribution in [1.29, 1.82) is 0 Å². The second kappa shape index (κ2) is 3.04. The summed E-state index contributed by atoms with van der Waals surface area (Å²) in [5, 5.41) is 0. The summed E-state index contributed by atoms with van der Waals surface area (Å²) < 4.78 is 0.298. The van der Waals surface area contributed by atoms with Crippen LogP contribution in [0.4, 0.5) is 0 Å². The smallest absolute Gasteiger partial charge is 0.0242 e. The van der Waals surface area contributed by atoms with Crippen LogP contribution in [0.1, 0.15) is 44.4 Å². The Morgan fingerprint density at radius 2 is 1.47 bits per heavy atom. The minimum atomic E-state index is 0.267. The van der Waals surface area contributed by atoms with Crippen molar-refractivity contribution in [2.24, 2.45) is 0 Å². The number of benzene rings is 1. The molecule has 15 heavy (non-hydrogen) atoms. The lowest BCUT2D eigenvalue weighted by Gasteiger charge is -2.35. The van der Waals surface area contributed by atoms with Gasteiger partial charge in [0.1, 0.15) is 0 Å². The lowest BCUT2D eigenvalue weighted by molar-refractivity contribution is 0.419. The minimum Gasteiger partial charge on any atom is -0.118 e. The highest BCUT2D eigenvalue weighted by Gasteiger charge is 2.47. The molecule has 1 aliphatic heterocycles. The largest absolute Gasteiger partial charge is 0.118 e. The van der Waals surface area contributed by atoms with Gasteiger partial charge in [0, 0.05) is 15.1 Å². The van der Waals surface area contributed by atoms with E-state index in [1.807, 2.05) is 11.8 Å². The summed E-state index contributed by atoms with van der Waals surface area (Å²) in [6, 6.07) is 4.51. The van der Waals surface area contributed by atoms with Crippen molar-refractivity contribution in [2.75, 3.05) is 0 Å². The maximum Gasteiger partial charge on any atom is 0.0242 e. The number of hydrogen-bond donors (Lipinski definition) is 0. The molecule has 0 saturated carbocycles. The summed E-state index contributed by atoms with van der Waals surface area (Å²) in [5.74, 6) is 0. The fraction of sp³-hybridized carbons (Fsp3) is 0.571. The zero-order valence-electron chi connectivity index (χ0n) is 10.6. The van der Waals surface area contributed by atoms with Crippen molar-refractivity contribution >= 4 is 11.8 Å². The molecule has 1 aromatic rings. The predicted molar refractivity (Wildman–Crippen MR) is 68.9 cm³/mol. The molecule has 0 saturated heterocycles. The van der Waals surface area contributed by atoms with Crippen LogP contribution in [0.2, 0.25) is 0 Å². The maximum absolute atomic E-state index is 2.37. The van der Waals surface area contributed by atoms with Crippen LogP contribution in [-0.4, -0.2) is 4.75 Å². The van der Waals surface area contributed by atoms with E-state index in [1.54, 1.807) is 5.56 Å². The molecule has 1 heterocycles. The first-order valence-corrected chi connectivity index (χ1v) is 6.39. The fourth-order valence-corrected chi connectivity index (χ4v) is 3.99. The van der Waals surface area contributed by atoms with Gasteiger partial charge in [-0.05, 0) is 44.4 Å². The van der Waals surface area contributed by atoms with Gasteiger partial charge in [0.2, 0.25) is 0 Å². The van der Waals surface area contributed by atoms with Gasteiger partial charge in [0.05, 0.1) is 0 Å². The Morgan fingerprint density at radius 1 is 0.933 bits per heavy atom. The van der Waals surface area contributed by atoms with Crippen LogP contribution < -0.4 is 0 Å². The Hall–Kier alpha value is -0.430. The first-order valence-electron chi connectivity index (χ1n) is 5.57. The Bertz CT molecular complexity index is 414. The minimum absolute atomic E-state index is 0.267. The quantitative estimate of drug-likeness (QED) is 0.622. The Kier molecular flexibility index (Phi) is 2.24.